The lowest BCUT2D eigenvalue weighted by atomic mass is 9.74. The molecule has 0 amide bonds. The van der Waals surface area contributed by atoms with Gasteiger partial charge >= 0.3 is 0 Å². The number of rotatable bonds is 5. The number of halogens is 1. The number of nitrogens with zero attached hydrogens (tertiary/aromatic N) is 2. The molecule has 190 valence electrons. The van der Waals surface area contributed by atoms with Crippen LogP contribution in [0.1, 0.15) is 35.4 Å². The standard InChI is InChI=1S/C29H33FN2O3S/c1-20-8-3-4-11-27(20)36(34,35)31-16-5-6-17-32-25(18-31)28(26(32)19-33)23-14-12-22(13-15-23)24-10-7-9-21(2)29(24)30/h3-4,7-15,25-26,28,33H,5-6,16-19H2,1-2H3/t25-,26+,28-/m0/s1. The molecule has 36 heavy (non-hydrogen) atoms. The molecule has 0 radical (unpaired) electrons. The Morgan fingerprint density at radius 2 is 1.61 bits per heavy atom. The maximum atomic E-state index is 14.7. The number of hydrogen-bond acceptors (Lipinski definition) is 4. The third-order valence-electron chi connectivity index (χ3n) is 7.84. The Hall–Kier alpha value is -2.58. The third kappa shape index (κ3) is 4.39. The lowest BCUT2D eigenvalue weighted by Crippen LogP contribution is -2.67. The largest absolute Gasteiger partial charge is 0.395 e. The van der Waals surface area contributed by atoms with Crippen molar-refractivity contribution in [1.82, 2.24) is 9.21 Å². The zero-order valence-electron chi connectivity index (χ0n) is 20.8. The molecule has 1 N–H and O–H groups in total. The number of fused-ring (bicyclic) bond motifs is 1. The molecule has 5 rings (SSSR count). The number of hydrogen-bond donors (Lipinski definition) is 1. The fourth-order valence-corrected chi connectivity index (χ4v) is 7.59. The summed E-state index contributed by atoms with van der Waals surface area (Å²) < 4.78 is 43.5. The molecule has 7 heteroatoms. The highest BCUT2D eigenvalue weighted by Gasteiger charge is 2.50. The van der Waals surface area contributed by atoms with Crippen molar-refractivity contribution in [3.05, 3.63) is 89.2 Å². The summed E-state index contributed by atoms with van der Waals surface area (Å²) in [4.78, 5) is 2.62. The zero-order valence-corrected chi connectivity index (χ0v) is 21.6. The molecule has 0 aromatic heterocycles. The molecule has 0 bridgehead atoms. The first-order valence-corrected chi connectivity index (χ1v) is 14.0. The molecule has 2 aliphatic rings. The first kappa shape index (κ1) is 25.1. The van der Waals surface area contributed by atoms with Gasteiger partial charge in [-0.1, -0.05) is 60.7 Å². The summed E-state index contributed by atoms with van der Waals surface area (Å²) in [7, 11) is -3.63. The van der Waals surface area contributed by atoms with Gasteiger partial charge < -0.3 is 5.11 Å². The second-order valence-corrected chi connectivity index (χ2v) is 11.9. The van der Waals surface area contributed by atoms with E-state index in [2.05, 4.69) is 4.90 Å². The van der Waals surface area contributed by atoms with E-state index in [1.54, 1.807) is 35.5 Å². The molecule has 0 saturated carbocycles. The van der Waals surface area contributed by atoms with Gasteiger partial charge in [-0.2, -0.15) is 4.31 Å². The molecule has 2 heterocycles. The molecular weight excluding hydrogens is 475 g/mol. The van der Waals surface area contributed by atoms with Crippen molar-refractivity contribution in [2.24, 2.45) is 0 Å². The second-order valence-electron chi connectivity index (χ2n) is 9.97. The van der Waals surface area contributed by atoms with E-state index in [9.17, 15) is 17.9 Å². The number of aliphatic hydroxyl groups is 1. The molecule has 0 unspecified atom stereocenters. The average molecular weight is 509 g/mol. The highest BCUT2D eigenvalue weighted by Crippen LogP contribution is 2.43. The molecule has 5 nitrogen and oxygen atoms in total. The Balaban J connectivity index is 1.44. The van der Waals surface area contributed by atoms with Gasteiger partial charge in [0.2, 0.25) is 10.0 Å². The van der Waals surface area contributed by atoms with Gasteiger partial charge in [-0.05, 0) is 61.6 Å². The Labute approximate surface area is 213 Å². The SMILES string of the molecule is Cc1ccccc1S(=O)(=O)N1CCCCN2[C@H](CO)[C@@H](c3ccc(-c4cccc(C)c4F)cc3)[C@@H]2C1. The van der Waals surface area contributed by atoms with Gasteiger partial charge in [-0.25, -0.2) is 12.8 Å². The summed E-state index contributed by atoms with van der Waals surface area (Å²) >= 11 is 0. The summed E-state index contributed by atoms with van der Waals surface area (Å²) in [5.41, 5.74) is 3.76. The van der Waals surface area contributed by atoms with Crippen LogP contribution in [0.3, 0.4) is 0 Å². The minimum absolute atomic E-state index is 0.000855. The minimum atomic E-state index is -3.63. The van der Waals surface area contributed by atoms with Gasteiger partial charge in [-0.3, -0.25) is 4.90 Å². The zero-order chi connectivity index (χ0) is 25.4. The van der Waals surface area contributed by atoms with Crippen LogP contribution in [0.15, 0.2) is 71.6 Å². The van der Waals surface area contributed by atoms with Crippen LogP contribution in [0.2, 0.25) is 0 Å². The van der Waals surface area contributed by atoms with E-state index < -0.39 is 10.0 Å². The van der Waals surface area contributed by atoms with E-state index in [0.29, 0.717) is 29.1 Å². The topological polar surface area (TPSA) is 60.9 Å². The summed E-state index contributed by atoms with van der Waals surface area (Å²) in [6, 6.07) is 20.3. The third-order valence-corrected chi connectivity index (χ3v) is 9.87. The highest BCUT2D eigenvalue weighted by molar-refractivity contribution is 7.89. The van der Waals surface area contributed by atoms with Crippen LogP contribution in [0.5, 0.6) is 0 Å². The molecule has 3 aromatic carbocycles. The van der Waals surface area contributed by atoms with Crippen LogP contribution >= 0.6 is 0 Å². The van der Waals surface area contributed by atoms with E-state index in [1.807, 2.05) is 49.4 Å². The fraction of sp³-hybridized carbons (Fsp3) is 0.379. The average Bonchev–Trinajstić information content (AvgIpc) is 2.85. The van der Waals surface area contributed by atoms with Crippen molar-refractivity contribution in [2.45, 2.75) is 49.6 Å². The number of aryl methyl sites for hydroxylation is 2. The van der Waals surface area contributed by atoms with Gasteiger partial charge in [-0.15, -0.1) is 0 Å². The second kappa shape index (κ2) is 10.1. The Morgan fingerprint density at radius 1 is 0.917 bits per heavy atom. The van der Waals surface area contributed by atoms with Crippen molar-refractivity contribution in [3.63, 3.8) is 0 Å². The van der Waals surface area contributed by atoms with Gasteiger partial charge in [0, 0.05) is 36.7 Å². The highest BCUT2D eigenvalue weighted by atomic mass is 32.2. The molecule has 3 atom stereocenters. The van der Waals surface area contributed by atoms with E-state index in [4.69, 9.17) is 0 Å². The molecular formula is C29H33FN2O3S. The van der Waals surface area contributed by atoms with Gasteiger partial charge in [0.15, 0.2) is 0 Å². The van der Waals surface area contributed by atoms with Gasteiger partial charge in [0.1, 0.15) is 5.82 Å². The smallest absolute Gasteiger partial charge is 0.243 e. The quantitative estimate of drug-likeness (QED) is 0.542. The fourth-order valence-electron chi connectivity index (χ4n) is 5.87. The predicted octanol–water partition coefficient (Wildman–Crippen LogP) is 4.72. The minimum Gasteiger partial charge on any atom is -0.395 e. The van der Waals surface area contributed by atoms with Gasteiger partial charge in [0.05, 0.1) is 11.5 Å². The Morgan fingerprint density at radius 3 is 2.33 bits per heavy atom. The van der Waals surface area contributed by atoms with Crippen molar-refractivity contribution in [1.29, 1.82) is 0 Å². The summed E-state index contributed by atoms with van der Waals surface area (Å²) in [6.45, 7) is 5.32. The molecule has 2 aliphatic heterocycles. The summed E-state index contributed by atoms with van der Waals surface area (Å²) in [5, 5.41) is 10.2. The van der Waals surface area contributed by atoms with E-state index in [1.165, 1.54) is 0 Å². The number of aliphatic hydroxyl groups excluding tert-OH is 1. The van der Waals surface area contributed by atoms with Crippen molar-refractivity contribution < 1.29 is 17.9 Å². The molecule has 2 fully saturated rings. The lowest BCUT2D eigenvalue weighted by Gasteiger charge is -2.57. The van der Waals surface area contributed by atoms with Crippen LogP contribution < -0.4 is 0 Å². The van der Waals surface area contributed by atoms with Crippen molar-refractivity contribution in [3.8, 4) is 11.1 Å². The first-order chi connectivity index (χ1) is 17.3. The Kier molecular flexibility index (Phi) is 7.01. The predicted molar refractivity (Wildman–Crippen MR) is 140 cm³/mol. The van der Waals surface area contributed by atoms with E-state index in [-0.39, 0.29) is 30.4 Å². The van der Waals surface area contributed by atoms with Crippen LogP contribution in [-0.4, -0.2) is 61.1 Å². The van der Waals surface area contributed by atoms with Crippen LogP contribution in [-0.2, 0) is 10.0 Å². The van der Waals surface area contributed by atoms with E-state index >= 15 is 0 Å². The van der Waals surface area contributed by atoms with Crippen LogP contribution in [0.4, 0.5) is 4.39 Å². The summed E-state index contributed by atoms with van der Waals surface area (Å²) in [5.74, 6) is -0.218. The normalized spacial score (nSPS) is 23.4. The van der Waals surface area contributed by atoms with Gasteiger partial charge in [0.25, 0.3) is 0 Å². The maximum absolute atomic E-state index is 14.7. The molecule has 3 aromatic rings. The maximum Gasteiger partial charge on any atom is 0.243 e. The van der Waals surface area contributed by atoms with Crippen LogP contribution in [0.25, 0.3) is 11.1 Å². The van der Waals surface area contributed by atoms with E-state index in [0.717, 1.165) is 36.1 Å². The monoisotopic (exact) mass is 508 g/mol. The number of sulfonamides is 1. The van der Waals surface area contributed by atoms with Crippen LogP contribution in [0, 0.1) is 19.7 Å². The number of benzene rings is 3. The Bertz CT molecular complexity index is 1340. The molecule has 0 spiro atoms. The molecule has 0 aliphatic carbocycles. The summed E-state index contributed by atoms with van der Waals surface area (Å²) in [6.07, 6.45) is 1.67. The lowest BCUT2D eigenvalue weighted by molar-refractivity contribution is -0.0553. The first-order valence-electron chi connectivity index (χ1n) is 12.6. The molecule has 2 saturated heterocycles. The van der Waals surface area contributed by atoms with Crippen molar-refractivity contribution >= 4 is 10.0 Å². The van der Waals surface area contributed by atoms with Crippen molar-refractivity contribution in [2.75, 3.05) is 26.2 Å².